The van der Waals surface area contributed by atoms with Crippen LogP contribution in [0, 0.1) is 11.3 Å². The Labute approximate surface area is 223 Å². The molecule has 0 aliphatic heterocycles. The van der Waals surface area contributed by atoms with E-state index in [1.165, 1.54) is 31.2 Å². The van der Waals surface area contributed by atoms with Crippen LogP contribution in [-0.2, 0) is 23.9 Å². The van der Waals surface area contributed by atoms with E-state index in [0.29, 0.717) is 29.8 Å². The highest BCUT2D eigenvalue weighted by Crippen LogP contribution is 2.49. The number of nitrogens with one attached hydrogen (secondary N) is 2. The Morgan fingerprint density at radius 3 is 2.34 bits per heavy atom. The van der Waals surface area contributed by atoms with Crippen LogP contribution in [0.5, 0.6) is 0 Å². The first-order valence-electron chi connectivity index (χ1n) is 12.5. The molecule has 0 saturated heterocycles. The molecule has 6 nitrogen and oxygen atoms in total. The minimum atomic E-state index is -4.57. The van der Waals surface area contributed by atoms with Crippen LogP contribution in [0.4, 0.5) is 24.5 Å². The third kappa shape index (κ3) is 6.32. The lowest BCUT2D eigenvalue weighted by atomic mass is 9.95. The Kier molecular flexibility index (Phi) is 7.13. The molecule has 0 atom stereocenters. The molecular weight excluding hydrogens is 517 g/mol. The van der Waals surface area contributed by atoms with E-state index in [1.54, 1.807) is 24.4 Å². The number of hydrogen-bond acceptors (Lipinski definition) is 5. The van der Waals surface area contributed by atoms with Crippen LogP contribution >= 0.6 is 11.6 Å². The topological polar surface area (TPSA) is 84.0 Å². The van der Waals surface area contributed by atoms with Gasteiger partial charge >= 0.3 is 6.18 Å². The van der Waals surface area contributed by atoms with Crippen molar-refractivity contribution < 1.29 is 22.8 Å². The molecule has 0 spiro atoms. The highest BCUT2D eigenvalue weighted by atomic mass is 35.5. The summed E-state index contributed by atoms with van der Waals surface area (Å²) in [4.78, 5) is 34.3. The lowest BCUT2D eigenvalue weighted by Crippen LogP contribution is -2.33. The molecule has 10 heteroatoms. The van der Waals surface area contributed by atoms with Crippen LogP contribution in [0.3, 0.4) is 0 Å². The maximum atomic E-state index is 13.3. The lowest BCUT2D eigenvalue weighted by molar-refractivity contribution is -0.137. The smallest absolute Gasteiger partial charge is 0.354 e. The molecule has 2 aromatic heterocycles. The van der Waals surface area contributed by atoms with Crippen LogP contribution in [0.25, 0.3) is 0 Å². The third-order valence-corrected chi connectivity index (χ3v) is 7.23. The summed E-state index contributed by atoms with van der Waals surface area (Å²) in [5.74, 6) is 0.413. The zero-order chi connectivity index (χ0) is 26.9. The molecule has 198 valence electrons. The maximum absolute atomic E-state index is 13.3. The predicted octanol–water partition coefficient (Wildman–Crippen LogP) is 6.51. The molecular formula is C28H26ClF3N4O2. The second-order valence-corrected chi connectivity index (χ2v) is 10.5. The Bertz CT molecular complexity index is 1340. The zero-order valence-corrected chi connectivity index (χ0v) is 21.2. The summed E-state index contributed by atoms with van der Waals surface area (Å²) >= 11 is 5.73. The fourth-order valence-electron chi connectivity index (χ4n) is 4.35. The average molecular weight is 543 g/mol. The van der Waals surface area contributed by atoms with E-state index >= 15 is 0 Å². The zero-order valence-electron chi connectivity index (χ0n) is 20.4. The number of pyridine rings is 2. The minimum Gasteiger partial charge on any atom is -0.354 e. The molecule has 2 N–H and O–H groups in total. The van der Waals surface area contributed by atoms with Gasteiger partial charge in [-0.2, -0.15) is 13.2 Å². The molecule has 1 amide bonds. The summed E-state index contributed by atoms with van der Waals surface area (Å²) in [6, 6.07) is 10.4. The van der Waals surface area contributed by atoms with Gasteiger partial charge in [0.1, 0.15) is 0 Å². The Hall–Kier alpha value is -3.46. The SMILES string of the molecule is O=C(CC1(C(=O)NCc2ccc(Nc3ccc(Cl)cc3C(F)(F)F)cn2)CC1)c1ccc(CC2CC2)nc1. The standard InChI is InChI=1S/C28H26ClF3N4O2/c29-19-4-8-24(23(12-19)28(30,31)32)36-22-7-6-21(34-16-22)15-35-26(38)27(9-10-27)13-25(37)18-3-5-20(33-14-18)11-17-1-2-17/h3-8,12,14,16-17,36H,1-2,9-11,13,15H2,(H,35,38). The number of carbonyl (C=O) groups is 2. The fourth-order valence-corrected chi connectivity index (χ4v) is 4.52. The van der Waals surface area contributed by atoms with Crippen molar-refractivity contribution in [2.24, 2.45) is 11.3 Å². The summed E-state index contributed by atoms with van der Waals surface area (Å²) in [5.41, 5.74) is 0.665. The number of nitrogens with zero attached hydrogens (tertiary/aromatic N) is 2. The van der Waals surface area contributed by atoms with E-state index in [-0.39, 0.29) is 35.4 Å². The molecule has 2 fully saturated rings. The molecule has 0 bridgehead atoms. The van der Waals surface area contributed by atoms with E-state index in [2.05, 4.69) is 20.6 Å². The van der Waals surface area contributed by atoms with Crippen LogP contribution in [-0.4, -0.2) is 21.7 Å². The first-order chi connectivity index (χ1) is 18.1. The summed E-state index contributed by atoms with van der Waals surface area (Å²) in [6.07, 6.45) is 3.25. The van der Waals surface area contributed by atoms with Crippen molar-refractivity contribution in [3.05, 3.63) is 82.4 Å². The molecule has 3 aromatic rings. The number of ketones is 1. The Balaban J connectivity index is 1.15. The molecule has 5 rings (SSSR count). The van der Waals surface area contributed by atoms with Gasteiger partial charge < -0.3 is 10.6 Å². The van der Waals surface area contributed by atoms with E-state index in [9.17, 15) is 22.8 Å². The molecule has 2 saturated carbocycles. The van der Waals surface area contributed by atoms with Gasteiger partial charge in [0.25, 0.3) is 0 Å². The van der Waals surface area contributed by atoms with Crippen molar-refractivity contribution in [2.75, 3.05) is 5.32 Å². The third-order valence-electron chi connectivity index (χ3n) is 7.00. The minimum absolute atomic E-state index is 0.0133. The summed E-state index contributed by atoms with van der Waals surface area (Å²) in [6.45, 7) is 0.140. The first kappa shape index (κ1) is 26.2. The van der Waals surface area contributed by atoms with E-state index in [1.807, 2.05) is 6.07 Å². The average Bonchev–Trinajstić information content (AvgIpc) is 3.82. The molecule has 0 radical (unpaired) electrons. The highest BCUT2D eigenvalue weighted by Gasteiger charge is 2.51. The predicted molar refractivity (Wildman–Crippen MR) is 137 cm³/mol. The molecule has 2 aliphatic carbocycles. The number of aromatic nitrogens is 2. The van der Waals surface area contributed by atoms with Crippen molar-refractivity contribution in [3.63, 3.8) is 0 Å². The van der Waals surface area contributed by atoms with Gasteiger partial charge in [0.2, 0.25) is 5.91 Å². The van der Waals surface area contributed by atoms with Crippen molar-refractivity contribution in [1.29, 1.82) is 0 Å². The van der Waals surface area contributed by atoms with E-state index in [0.717, 1.165) is 24.1 Å². The monoisotopic (exact) mass is 542 g/mol. The summed E-state index contributed by atoms with van der Waals surface area (Å²) < 4.78 is 40.0. The van der Waals surface area contributed by atoms with Crippen molar-refractivity contribution in [1.82, 2.24) is 15.3 Å². The molecule has 0 unspecified atom stereocenters. The van der Waals surface area contributed by atoms with Gasteiger partial charge in [-0.1, -0.05) is 11.6 Å². The number of alkyl halides is 3. The van der Waals surface area contributed by atoms with Crippen LogP contribution in [0.1, 0.15) is 59.4 Å². The van der Waals surface area contributed by atoms with Crippen LogP contribution < -0.4 is 10.6 Å². The van der Waals surface area contributed by atoms with Gasteiger partial charge in [-0.3, -0.25) is 19.6 Å². The number of carbonyl (C=O) groups excluding carboxylic acids is 2. The quantitative estimate of drug-likeness (QED) is 0.285. The number of halogens is 4. The summed E-state index contributed by atoms with van der Waals surface area (Å²) in [7, 11) is 0. The normalized spacial score (nSPS) is 16.1. The molecule has 38 heavy (non-hydrogen) atoms. The number of anilines is 2. The second-order valence-electron chi connectivity index (χ2n) is 10.1. The molecule has 2 aliphatic rings. The van der Waals surface area contributed by atoms with Gasteiger partial charge in [0, 0.05) is 28.9 Å². The van der Waals surface area contributed by atoms with Gasteiger partial charge in [-0.25, -0.2) is 0 Å². The Morgan fingerprint density at radius 2 is 1.74 bits per heavy atom. The number of hydrogen-bond donors (Lipinski definition) is 2. The molecule has 1 aromatic carbocycles. The van der Waals surface area contributed by atoms with Gasteiger partial charge in [0.05, 0.1) is 40.8 Å². The first-order valence-corrected chi connectivity index (χ1v) is 12.8. The Morgan fingerprint density at radius 1 is 1.00 bits per heavy atom. The van der Waals surface area contributed by atoms with E-state index in [4.69, 9.17) is 11.6 Å². The van der Waals surface area contributed by atoms with E-state index < -0.39 is 17.2 Å². The number of benzene rings is 1. The lowest BCUT2D eigenvalue weighted by Gasteiger charge is -2.16. The maximum Gasteiger partial charge on any atom is 0.418 e. The van der Waals surface area contributed by atoms with Crippen LogP contribution in [0.15, 0.2) is 54.9 Å². The largest absolute Gasteiger partial charge is 0.418 e. The number of amides is 1. The van der Waals surface area contributed by atoms with Gasteiger partial charge in [-0.15, -0.1) is 0 Å². The van der Waals surface area contributed by atoms with Crippen molar-refractivity contribution >= 4 is 34.7 Å². The second kappa shape index (κ2) is 10.4. The molecule has 2 heterocycles. The summed E-state index contributed by atoms with van der Waals surface area (Å²) in [5, 5.41) is 5.55. The van der Waals surface area contributed by atoms with Gasteiger partial charge in [-0.05, 0) is 80.5 Å². The van der Waals surface area contributed by atoms with Crippen LogP contribution in [0.2, 0.25) is 5.02 Å². The highest BCUT2D eigenvalue weighted by molar-refractivity contribution is 6.30. The number of Topliss-reactive ketones (excluding diaryl/α,β-unsaturated/α-hetero) is 1. The van der Waals surface area contributed by atoms with Crippen molar-refractivity contribution in [3.8, 4) is 0 Å². The number of rotatable bonds is 10. The van der Waals surface area contributed by atoms with Gasteiger partial charge in [0.15, 0.2) is 5.78 Å². The fraction of sp³-hybridized carbons (Fsp3) is 0.357. The van der Waals surface area contributed by atoms with Crippen molar-refractivity contribution in [2.45, 2.75) is 51.2 Å².